The minimum atomic E-state index is -0.845. The molecular formula is C29H23N3O4S3. The standard InChI is InChI=1S/C29H23N3O4S3/c1-15-27(31-29(35)36-16(2)17-6-4-3-5-7-17)28(39-32-15)25-13-24-23(38-25)12-22(37-24)18-8-9-20-19(11-26(33)34)14-30-21(20)10-18/h3-10,12-14,16,30H,11H2,1-2H3,(H,31,35)(H,33,34). The first kappa shape index (κ1) is 25.3. The van der Waals surface area contributed by atoms with E-state index in [0.29, 0.717) is 5.69 Å². The fraction of sp³-hybridized carbons (Fsp3) is 0.138. The number of carboxylic acids is 1. The predicted molar refractivity (Wildman–Crippen MR) is 159 cm³/mol. The topological polar surface area (TPSA) is 104 Å². The van der Waals surface area contributed by atoms with Crippen LogP contribution in [0.25, 0.3) is 40.5 Å². The van der Waals surface area contributed by atoms with Gasteiger partial charge in [-0.15, -0.1) is 22.7 Å². The summed E-state index contributed by atoms with van der Waals surface area (Å²) in [5, 5.41) is 13.0. The Balaban J connectivity index is 1.22. The van der Waals surface area contributed by atoms with Gasteiger partial charge in [-0.05, 0) is 60.3 Å². The summed E-state index contributed by atoms with van der Waals surface area (Å²) >= 11 is 4.72. The lowest BCUT2D eigenvalue weighted by Gasteiger charge is -2.14. The number of aromatic nitrogens is 2. The first-order valence-corrected chi connectivity index (χ1v) is 14.6. The number of ether oxygens (including phenoxy) is 1. The highest BCUT2D eigenvalue weighted by Gasteiger charge is 2.20. The lowest BCUT2D eigenvalue weighted by atomic mass is 10.1. The summed E-state index contributed by atoms with van der Waals surface area (Å²) in [7, 11) is 0. The lowest BCUT2D eigenvalue weighted by molar-refractivity contribution is -0.136. The van der Waals surface area contributed by atoms with E-state index in [1.165, 1.54) is 11.5 Å². The van der Waals surface area contributed by atoms with Crippen LogP contribution in [0.1, 0.15) is 29.8 Å². The van der Waals surface area contributed by atoms with Gasteiger partial charge in [0.15, 0.2) is 0 Å². The van der Waals surface area contributed by atoms with Crippen LogP contribution in [0.3, 0.4) is 0 Å². The van der Waals surface area contributed by atoms with Crippen molar-refractivity contribution >= 4 is 72.3 Å². The average molecular weight is 574 g/mol. The van der Waals surface area contributed by atoms with Crippen molar-refractivity contribution in [3.8, 4) is 20.2 Å². The number of nitrogens with zero attached hydrogens (tertiary/aromatic N) is 1. The van der Waals surface area contributed by atoms with Gasteiger partial charge in [-0.25, -0.2) is 4.79 Å². The number of hydrogen-bond donors (Lipinski definition) is 3. The normalized spacial score (nSPS) is 12.2. The maximum atomic E-state index is 12.7. The maximum Gasteiger partial charge on any atom is 0.412 e. The van der Waals surface area contributed by atoms with Crippen LogP contribution >= 0.6 is 34.2 Å². The Hall–Kier alpha value is -3.99. The molecule has 1 unspecified atom stereocenters. The third kappa shape index (κ3) is 5.06. The molecule has 7 nitrogen and oxygen atoms in total. The zero-order valence-corrected chi connectivity index (χ0v) is 23.4. The number of amides is 1. The molecule has 39 heavy (non-hydrogen) atoms. The molecule has 0 bridgehead atoms. The van der Waals surface area contributed by atoms with E-state index in [9.17, 15) is 9.59 Å². The molecule has 10 heteroatoms. The summed E-state index contributed by atoms with van der Waals surface area (Å²) in [6.07, 6.45) is 0.876. The van der Waals surface area contributed by atoms with Crippen molar-refractivity contribution in [2.24, 2.45) is 0 Å². The molecule has 6 rings (SSSR count). The van der Waals surface area contributed by atoms with Crippen molar-refractivity contribution in [1.82, 2.24) is 9.36 Å². The number of H-pyrrole nitrogens is 1. The zero-order chi connectivity index (χ0) is 27.1. The van der Waals surface area contributed by atoms with Crippen molar-refractivity contribution in [3.63, 3.8) is 0 Å². The molecule has 0 aliphatic heterocycles. The predicted octanol–water partition coefficient (Wildman–Crippen LogP) is 8.48. The van der Waals surface area contributed by atoms with Gasteiger partial charge in [-0.2, -0.15) is 4.37 Å². The van der Waals surface area contributed by atoms with Gasteiger partial charge in [0, 0.05) is 31.4 Å². The Kier molecular flexibility index (Phi) is 6.68. The number of carboxylic acid groups (broad SMARTS) is 1. The minimum Gasteiger partial charge on any atom is -0.481 e. The molecule has 2 aromatic carbocycles. The molecular weight excluding hydrogens is 551 g/mol. The van der Waals surface area contributed by atoms with Crippen molar-refractivity contribution in [3.05, 3.63) is 83.7 Å². The van der Waals surface area contributed by atoms with E-state index in [2.05, 4.69) is 32.9 Å². The molecule has 3 N–H and O–H groups in total. The molecule has 0 saturated carbocycles. The van der Waals surface area contributed by atoms with E-state index in [1.54, 1.807) is 28.9 Å². The molecule has 0 aliphatic carbocycles. The van der Waals surface area contributed by atoms with E-state index in [0.717, 1.165) is 57.3 Å². The van der Waals surface area contributed by atoms with Crippen LogP contribution in [0.2, 0.25) is 0 Å². The molecule has 6 aromatic rings. The fourth-order valence-corrected chi connectivity index (χ4v) is 7.84. The van der Waals surface area contributed by atoms with Crippen molar-refractivity contribution < 1.29 is 19.4 Å². The molecule has 1 atom stereocenters. The number of thiophene rings is 2. The molecule has 0 fully saturated rings. The second-order valence-corrected chi connectivity index (χ2v) is 12.1. The van der Waals surface area contributed by atoms with E-state index in [4.69, 9.17) is 9.84 Å². The number of anilines is 1. The number of nitrogens with one attached hydrogen (secondary N) is 2. The highest BCUT2D eigenvalue weighted by Crippen LogP contribution is 2.45. The number of carbonyl (C=O) groups is 2. The Morgan fingerprint density at radius 2 is 1.79 bits per heavy atom. The monoisotopic (exact) mass is 573 g/mol. The van der Waals surface area contributed by atoms with Gasteiger partial charge in [0.25, 0.3) is 0 Å². The fourth-order valence-electron chi connectivity index (χ4n) is 4.51. The largest absolute Gasteiger partial charge is 0.481 e. The molecule has 0 saturated heterocycles. The summed E-state index contributed by atoms with van der Waals surface area (Å²) in [6, 6.07) is 20.0. The van der Waals surface area contributed by atoms with Gasteiger partial charge in [-0.1, -0.05) is 42.5 Å². The quantitative estimate of drug-likeness (QED) is 0.178. The van der Waals surface area contributed by atoms with Crippen LogP contribution in [0, 0.1) is 6.92 Å². The summed E-state index contributed by atoms with van der Waals surface area (Å²) in [6.45, 7) is 3.73. The number of rotatable bonds is 7. The Morgan fingerprint density at radius 1 is 1.05 bits per heavy atom. The molecule has 0 aliphatic rings. The summed E-state index contributed by atoms with van der Waals surface area (Å²) in [5.74, 6) is -0.845. The van der Waals surface area contributed by atoms with Crippen LogP contribution in [-0.2, 0) is 16.0 Å². The Morgan fingerprint density at radius 3 is 2.56 bits per heavy atom. The van der Waals surface area contributed by atoms with Crippen molar-refractivity contribution in [1.29, 1.82) is 0 Å². The van der Waals surface area contributed by atoms with Crippen LogP contribution in [0.5, 0.6) is 0 Å². The highest BCUT2D eigenvalue weighted by molar-refractivity contribution is 7.32. The second kappa shape index (κ2) is 10.3. The SMILES string of the molecule is Cc1nsc(-c2cc3sc(-c4ccc5c(CC(=O)O)c[nH]c5c4)cc3s2)c1NC(=O)OC(C)c1ccccc1. The highest BCUT2D eigenvalue weighted by atomic mass is 32.1. The zero-order valence-electron chi connectivity index (χ0n) is 21.0. The van der Waals surface area contributed by atoms with Gasteiger partial charge < -0.3 is 14.8 Å². The van der Waals surface area contributed by atoms with Gasteiger partial charge in [-0.3, -0.25) is 10.1 Å². The number of benzene rings is 2. The van der Waals surface area contributed by atoms with E-state index in [1.807, 2.05) is 56.3 Å². The van der Waals surface area contributed by atoms with Crippen LogP contribution in [0.15, 0.2) is 66.9 Å². The number of aliphatic carboxylic acids is 1. The molecule has 0 radical (unpaired) electrons. The first-order valence-electron chi connectivity index (χ1n) is 12.2. The van der Waals surface area contributed by atoms with E-state index < -0.39 is 12.1 Å². The molecule has 4 aromatic heterocycles. The summed E-state index contributed by atoms with van der Waals surface area (Å²) in [4.78, 5) is 30.1. The lowest BCUT2D eigenvalue weighted by Crippen LogP contribution is -2.16. The second-order valence-electron chi connectivity index (χ2n) is 9.15. The Bertz CT molecular complexity index is 1800. The summed E-state index contributed by atoms with van der Waals surface area (Å²) < 4.78 is 12.4. The number of aromatic amines is 1. The third-order valence-electron chi connectivity index (χ3n) is 6.47. The maximum absolute atomic E-state index is 12.7. The molecule has 4 heterocycles. The summed E-state index contributed by atoms with van der Waals surface area (Å²) in [5.41, 5.74) is 5.13. The van der Waals surface area contributed by atoms with Gasteiger partial charge >= 0.3 is 12.1 Å². The molecule has 196 valence electrons. The van der Waals surface area contributed by atoms with Crippen LogP contribution in [0.4, 0.5) is 10.5 Å². The average Bonchev–Trinajstić information content (AvgIpc) is 3.68. The van der Waals surface area contributed by atoms with Gasteiger partial charge in [0.2, 0.25) is 0 Å². The van der Waals surface area contributed by atoms with E-state index in [-0.39, 0.29) is 12.5 Å². The Labute approximate surface area is 235 Å². The minimum absolute atomic E-state index is 0.00543. The van der Waals surface area contributed by atoms with Crippen molar-refractivity contribution in [2.75, 3.05) is 5.32 Å². The first-order chi connectivity index (χ1) is 18.9. The number of fused-ring (bicyclic) bond motifs is 2. The van der Waals surface area contributed by atoms with E-state index >= 15 is 0 Å². The van der Waals surface area contributed by atoms with Crippen LogP contribution < -0.4 is 5.32 Å². The molecule has 1 amide bonds. The smallest absolute Gasteiger partial charge is 0.412 e. The number of carbonyl (C=O) groups excluding carboxylic acids is 1. The van der Waals surface area contributed by atoms with Gasteiger partial charge in [0.05, 0.1) is 27.6 Å². The van der Waals surface area contributed by atoms with Gasteiger partial charge in [0.1, 0.15) is 6.10 Å². The number of aryl methyl sites for hydroxylation is 1. The molecule has 0 spiro atoms. The third-order valence-corrected chi connectivity index (χ3v) is 9.93. The van der Waals surface area contributed by atoms with Crippen LogP contribution in [-0.4, -0.2) is 26.5 Å². The van der Waals surface area contributed by atoms with Crippen molar-refractivity contribution in [2.45, 2.75) is 26.4 Å². The number of hydrogen-bond acceptors (Lipinski definition) is 7.